The van der Waals surface area contributed by atoms with E-state index in [2.05, 4.69) is 17.2 Å². The molecule has 88 valence electrons. The Hall–Kier alpha value is -1.45. The average Bonchev–Trinajstić information content (AvgIpc) is 2.28. The number of hydrogen-bond donors (Lipinski definition) is 1. The van der Waals surface area contributed by atoms with Crippen LogP contribution in [-0.4, -0.2) is 16.9 Å². The van der Waals surface area contributed by atoms with Crippen molar-refractivity contribution >= 4 is 5.91 Å². The van der Waals surface area contributed by atoms with Crippen molar-refractivity contribution in [2.24, 2.45) is 0 Å². The van der Waals surface area contributed by atoms with Crippen LogP contribution in [0.4, 0.5) is 4.39 Å². The van der Waals surface area contributed by atoms with Crippen LogP contribution in [-0.2, 0) is 0 Å². The SMILES string of the molecule is CCCC(CC)NC(=O)c1ccncc1F. The lowest BCUT2D eigenvalue weighted by Crippen LogP contribution is -2.34. The first-order valence-electron chi connectivity index (χ1n) is 5.59. The van der Waals surface area contributed by atoms with Gasteiger partial charge in [0, 0.05) is 12.2 Å². The Morgan fingerprint density at radius 2 is 2.31 bits per heavy atom. The third-order valence-corrected chi connectivity index (χ3v) is 2.48. The molecule has 4 heteroatoms. The summed E-state index contributed by atoms with van der Waals surface area (Å²) in [5.41, 5.74) is 0.0598. The maximum Gasteiger partial charge on any atom is 0.254 e. The summed E-state index contributed by atoms with van der Waals surface area (Å²) < 4.78 is 13.3. The lowest BCUT2D eigenvalue weighted by Gasteiger charge is -2.16. The summed E-state index contributed by atoms with van der Waals surface area (Å²) >= 11 is 0. The van der Waals surface area contributed by atoms with Crippen LogP contribution in [0.2, 0.25) is 0 Å². The van der Waals surface area contributed by atoms with Gasteiger partial charge in [0.1, 0.15) is 0 Å². The summed E-state index contributed by atoms with van der Waals surface area (Å²) in [6.45, 7) is 4.06. The summed E-state index contributed by atoms with van der Waals surface area (Å²) in [7, 11) is 0. The first kappa shape index (κ1) is 12.6. The van der Waals surface area contributed by atoms with Gasteiger partial charge in [0.2, 0.25) is 0 Å². The molecule has 1 heterocycles. The smallest absolute Gasteiger partial charge is 0.254 e. The number of amides is 1. The van der Waals surface area contributed by atoms with Crippen molar-refractivity contribution in [1.29, 1.82) is 0 Å². The van der Waals surface area contributed by atoms with Gasteiger partial charge in [0.25, 0.3) is 5.91 Å². The van der Waals surface area contributed by atoms with Gasteiger partial charge >= 0.3 is 0 Å². The molecule has 1 atom stereocenters. The quantitative estimate of drug-likeness (QED) is 0.835. The lowest BCUT2D eigenvalue weighted by atomic mass is 10.1. The van der Waals surface area contributed by atoms with Crippen molar-refractivity contribution in [3.63, 3.8) is 0 Å². The van der Waals surface area contributed by atoms with Crippen molar-refractivity contribution in [3.05, 3.63) is 29.8 Å². The zero-order valence-corrected chi connectivity index (χ0v) is 9.66. The molecule has 0 aliphatic rings. The number of nitrogens with zero attached hydrogens (tertiary/aromatic N) is 1. The summed E-state index contributed by atoms with van der Waals surface area (Å²) in [5, 5.41) is 2.82. The number of rotatable bonds is 5. The molecule has 0 saturated carbocycles. The molecular weight excluding hydrogens is 207 g/mol. The van der Waals surface area contributed by atoms with E-state index in [1.807, 2.05) is 6.92 Å². The molecule has 1 N–H and O–H groups in total. The second-order valence-electron chi connectivity index (χ2n) is 3.72. The number of carbonyl (C=O) groups is 1. The minimum absolute atomic E-state index is 0.0598. The van der Waals surface area contributed by atoms with Crippen molar-refractivity contribution in [2.75, 3.05) is 0 Å². The number of carbonyl (C=O) groups excluding carboxylic acids is 1. The molecule has 0 aliphatic carbocycles. The molecule has 3 nitrogen and oxygen atoms in total. The van der Waals surface area contributed by atoms with Crippen LogP contribution in [0.1, 0.15) is 43.5 Å². The second kappa shape index (κ2) is 6.20. The molecule has 0 fully saturated rings. The zero-order chi connectivity index (χ0) is 12.0. The molecule has 0 aliphatic heterocycles. The highest BCUT2D eigenvalue weighted by Crippen LogP contribution is 2.07. The number of nitrogens with one attached hydrogen (secondary N) is 1. The van der Waals surface area contributed by atoms with Crippen LogP contribution in [0.5, 0.6) is 0 Å². The first-order valence-corrected chi connectivity index (χ1v) is 5.59. The van der Waals surface area contributed by atoms with E-state index in [1.54, 1.807) is 0 Å². The fourth-order valence-corrected chi connectivity index (χ4v) is 1.55. The molecule has 0 spiro atoms. The van der Waals surface area contributed by atoms with Gasteiger partial charge in [-0.05, 0) is 18.9 Å². The maximum absolute atomic E-state index is 13.3. The molecule has 0 radical (unpaired) electrons. The molecule has 1 unspecified atom stereocenters. The van der Waals surface area contributed by atoms with Gasteiger partial charge in [-0.2, -0.15) is 0 Å². The normalized spacial score (nSPS) is 12.2. The number of halogens is 1. The molecule has 1 aromatic heterocycles. The van der Waals surface area contributed by atoms with Crippen LogP contribution in [0.3, 0.4) is 0 Å². The molecule has 0 aromatic carbocycles. The average molecular weight is 224 g/mol. The Kier molecular flexibility index (Phi) is 4.89. The molecule has 0 bridgehead atoms. The van der Waals surface area contributed by atoms with E-state index in [-0.39, 0.29) is 17.5 Å². The maximum atomic E-state index is 13.3. The molecule has 0 saturated heterocycles. The van der Waals surface area contributed by atoms with E-state index in [0.29, 0.717) is 0 Å². The van der Waals surface area contributed by atoms with E-state index in [9.17, 15) is 9.18 Å². The lowest BCUT2D eigenvalue weighted by molar-refractivity contribution is 0.0929. The van der Waals surface area contributed by atoms with Gasteiger partial charge in [0.15, 0.2) is 5.82 Å². The van der Waals surface area contributed by atoms with Crippen LogP contribution in [0.25, 0.3) is 0 Å². The Labute approximate surface area is 95.1 Å². The molecule has 1 amide bonds. The monoisotopic (exact) mass is 224 g/mol. The largest absolute Gasteiger partial charge is 0.349 e. The summed E-state index contributed by atoms with van der Waals surface area (Å²) in [4.78, 5) is 15.3. The fraction of sp³-hybridized carbons (Fsp3) is 0.500. The molecule has 1 aromatic rings. The zero-order valence-electron chi connectivity index (χ0n) is 9.66. The van der Waals surface area contributed by atoms with E-state index in [4.69, 9.17) is 0 Å². The van der Waals surface area contributed by atoms with Crippen molar-refractivity contribution < 1.29 is 9.18 Å². The Bertz CT molecular complexity index is 355. The minimum Gasteiger partial charge on any atom is -0.349 e. The third kappa shape index (κ3) is 3.29. The number of pyridine rings is 1. The van der Waals surface area contributed by atoms with Crippen LogP contribution >= 0.6 is 0 Å². The van der Waals surface area contributed by atoms with Gasteiger partial charge in [-0.15, -0.1) is 0 Å². The molecule has 16 heavy (non-hydrogen) atoms. The predicted molar refractivity (Wildman–Crippen MR) is 60.6 cm³/mol. The van der Waals surface area contributed by atoms with Crippen molar-refractivity contribution in [3.8, 4) is 0 Å². The first-order chi connectivity index (χ1) is 7.69. The van der Waals surface area contributed by atoms with Gasteiger partial charge < -0.3 is 5.32 Å². The molecule has 1 rings (SSSR count). The van der Waals surface area contributed by atoms with Crippen LogP contribution < -0.4 is 5.32 Å². The highest BCUT2D eigenvalue weighted by molar-refractivity contribution is 5.94. The van der Waals surface area contributed by atoms with Gasteiger partial charge in [0.05, 0.1) is 11.8 Å². The summed E-state index contributed by atoms with van der Waals surface area (Å²) in [5.74, 6) is -0.938. The van der Waals surface area contributed by atoms with E-state index in [0.717, 1.165) is 25.5 Å². The van der Waals surface area contributed by atoms with E-state index >= 15 is 0 Å². The standard InChI is InChI=1S/C12H17FN2O/c1-3-5-9(4-2)15-12(16)10-6-7-14-8-11(10)13/h6-9H,3-5H2,1-2H3,(H,15,16). The van der Waals surface area contributed by atoms with Crippen molar-refractivity contribution in [2.45, 2.75) is 39.2 Å². The Morgan fingerprint density at radius 1 is 1.56 bits per heavy atom. The van der Waals surface area contributed by atoms with E-state index in [1.165, 1.54) is 12.3 Å². The predicted octanol–water partition coefficient (Wildman–Crippen LogP) is 2.53. The highest BCUT2D eigenvalue weighted by atomic mass is 19.1. The molecular formula is C12H17FN2O. The summed E-state index contributed by atoms with van der Waals surface area (Å²) in [6, 6.07) is 1.51. The topological polar surface area (TPSA) is 42.0 Å². The summed E-state index contributed by atoms with van der Waals surface area (Å²) in [6.07, 6.45) is 5.23. The van der Waals surface area contributed by atoms with Gasteiger partial charge in [-0.25, -0.2) is 4.39 Å². The van der Waals surface area contributed by atoms with Crippen LogP contribution in [0.15, 0.2) is 18.5 Å². The fourth-order valence-electron chi connectivity index (χ4n) is 1.55. The van der Waals surface area contributed by atoms with Gasteiger partial charge in [-0.3, -0.25) is 9.78 Å². The number of aromatic nitrogens is 1. The highest BCUT2D eigenvalue weighted by Gasteiger charge is 2.14. The van der Waals surface area contributed by atoms with Crippen LogP contribution in [0, 0.1) is 5.82 Å². The second-order valence-corrected chi connectivity index (χ2v) is 3.72. The number of hydrogen-bond acceptors (Lipinski definition) is 2. The minimum atomic E-state index is -0.577. The third-order valence-electron chi connectivity index (χ3n) is 2.48. The Morgan fingerprint density at radius 3 is 2.88 bits per heavy atom. The Balaban J connectivity index is 2.68. The van der Waals surface area contributed by atoms with Crippen molar-refractivity contribution in [1.82, 2.24) is 10.3 Å². The van der Waals surface area contributed by atoms with Gasteiger partial charge in [-0.1, -0.05) is 20.3 Å². The van der Waals surface area contributed by atoms with E-state index < -0.39 is 5.82 Å².